The van der Waals surface area contributed by atoms with Gasteiger partial charge in [0.25, 0.3) is 0 Å². The standard InChI is InChI=1S/C26H35ClN2O7/c1-25(2,3)19(23(32)36-26(4,5)6)21(30)28-12-14(11-18(28)22(31)35-7)20-15-9-8-10-17(27)16(15)13-29(20)24(33)34/h8-10,14,18-20H,11-13H2,1-7H3,(H,33,34)/t14-,18+,19+,20?/m1/s1. The Labute approximate surface area is 216 Å². The Morgan fingerprint density at radius 1 is 1.08 bits per heavy atom. The Bertz CT molecular complexity index is 1060. The normalized spacial score (nSPS) is 22.7. The minimum absolute atomic E-state index is 0.0778. The number of methoxy groups -OCH3 is 1. The molecule has 2 aliphatic rings. The lowest BCUT2D eigenvalue weighted by Crippen LogP contribution is -2.50. The van der Waals surface area contributed by atoms with E-state index in [2.05, 4.69) is 0 Å². The number of ether oxygens (including phenoxy) is 2. The summed E-state index contributed by atoms with van der Waals surface area (Å²) in [6, 6.07) is 3.73. The number of amides is 2. The van der Waals surface area contributed by atoms with E-state index in [4.69, 9.17) is 21.1 Å². The lowest BCUT2D eigenvalue weighted by atomic mass is 9.79. The molecule has 198 valence electrons. The van der Waals surface area contributed by atoms with E-state index in [0.29, 0.717) is 10.6 Å². The van der Waals surface area contributed by atoms with Crippen molar-refractivity contribution in [2.75, 3.05) is 13.7 Å². The predicted molar refractivity (Wildman–Crippen MR) is 132 cm³/mol. The van der Waals surface area contributed by atoms with Gasteiger partial charge in [-0.2, -0.15) is 0 Å². The molecule has 10 heteroatoms. The molecular weight excluding hydrogens is 488 g/mol. The summed E-state index contributed by atoms with van der Waals surface area (Å²) in [5.74, 6) is -3.40. The molecule has 1 unspecified atom stereocenters. The molecule has 9 nitrogen and oxygen atoms in total. The summed E-state index contributed by atoms with van der Waals surface area (Å²) in [4.78, 5) is 54.6. The SMILES string of the molecule is COC(=O)[C@@H]1C[C@@H](C2c3cccc(Cl)c3CN2C(=O)O)CN1C(=O)[C@@H](C(=O)OC(C)(C)C)C(C)(C)C. The second-order valence-electron chi connectivity index (χ2n) is 11.5. The average molecular weight is 523 g/mol. The summed E-state index contributed by atoms with van der Waals surface area (Å²) in [5, 5.41) is 10.4. The Balaban J connectivity index is 2.00. The third-order valence-corrected chi connectivity index (χ3v) is 7.03. The molecule has 4 atom stereocenters. The van der Waals surface area contributed by atoms with Crippen LogP contribution < -0.4 is 0 Å². The first kappa shape index (κ1) is 27.8. The number of carboxylic acid groups (broad SMARTS) is 1. The van der Waals surface area contributed by atoms with Crippen LogP contribution in [0, 0.1) is 17.3 Å². The Hall–Kier alpha value is -2.81. The van der Waals surface area contributed by atoms with Crippen molar-refractivity contribution < 1.29 is 33.8 Å². The van der Waals surface area contributed by atoms with Gasteiger partial charge < -0.3 is 19.5 Å². The third kappa shape index (κ3) is 5.45. The molecule has 0 bridgehead atoms. The lowest BCUT2D eigenvalue weighted by Gasteiger charge is -2.35. The zero-order valence-electron chi connectivity index (χ0n) is 21.8. The lowest BCUT2D eigenvalue weighted by molar-refractivity contribution is -0.171. The van der Waals surface area contributed by atoms with Crippen molar-refractivity contribution in [1.82, 2.24) is 9.80 Å². The number of hydrogen-bond acceptors (Lipinski definition) is 6. The fourth-order valence-corrected chi connectivity index (χ4v) is 5.44. The van der Waals surface area contributed by atoms with Gasteiger partial charge in [-0.3, -0.25) is 14.5 Å². The topological polar surface area (TPSA) is 113 Å². The first-order valence-electron chi connectivity index (χ1n) is 11.9. The molecule has 1 saturated heterocycles. The zero-order chi connectivity index (χ0) is 27.2. The summed E-state index contributed by atoms with van der Waals surface area (Å²) in [6.45, 7) is 10.7. The van der Waals surface area contributed by atoms with Crippen LogP contribution in [0.1, 0.15) is 65.1 Å². The van der Waals surface area contributed by atoms with Crippen LogP contribution in [0.4, 0.5) is 4.79 Å². The van der Waals surface area contributed by atoms with Gasteiger partial charge in [-0.1, -0.05) is 44.5 Å². The van der Waals surface area contributed by atoms with Gasteiger partial charge in [-0.25, -0.2) is 9.59 Å². The summed E-state index contributed by atoms with van der Waals surface area (Å²) < 4.78 is 10.6. The maximum Gasteiger partial charge on any atom is 0.408 e. The van der Waals surface area contributed by atoms with Crippen LogP contribution in [0.15, 0.2) is 18.2 Å². The van der Waals surface area contributed by atoms with Crippen LogP contribution in [0.2, 0.25) is 5.02 Å². The first-order chi connectivity index (χ1) is 16.6. The van der Waals surface area contributed by atoms with E-state index in [1.54, 1.807) is 53.7 Å². The van der Waals surface area contributed by atoms with Crippen LogP contribution in [-0.4, -0.2) is 64.1 Å². The van der Waals surface area contributed by atoms with Crippen LogP contribution in [0.25, 0.3) is 0 Å². The molecule has 1 aromatic carbocycles. The van der Waals surface area contributed by atoms with E-state index in [1.807, 2.05) is 6.07 Å². The van der Waals surface area contributed by atoms with Gasteiger partial charge in [0.05, 0.1) is 19.7 Å². The molecule has 0 spiro atoms. The maximum absolute atomic E-state index is 13.9. The van der Waals surface area contributed by atoms with E-state index in [0.717, 1.165) is 5.56 Å². The number of nitrogens with zero attached hydrogens (tertiary/aromatic N) is 2. The summed E-state index contributed by atoms with van der Waals surface area (Å²) in [6.07, 6.45) is -0.933. The van der Waals surface area contributed by atoms with E-state index >= 15 is 0 Å². The van der Waals surface area contributed by atoms with Gasteiger partial charge in [0.2, 0.25) is 5.91 Å². The van der Waals surface area contributed by atoms with Crippen molar-refractivity contribution >= 4 is 35.5 Å². The Kier molecular flexibility index (Phi) is 7.65. The number of carbonyl (C=O) groups excluding carboxylic acids is 3. The summed E-state index contributed by atoms with van der Waals surface area (Å²) in [7, 11) is 1.24. The van der Waals surface area contributed by atoms with Crippen molar-refractivity contribution in [3.8, 4) is 0 Å². The second kappa shape index (κ2) is 9.92. The second-order valence-corrected chi connectivity index (χ2v) is 11.9. The molecule has 2 amide bonds. The number of esters is 2. The van der Waals surface area contributed by atoms with Crippen LogP contribution in [0.3, 0.4) is 0 Å². The molecule has 0 saturated carbocycles. The van der Waals surface area contributed by atoms with Gasteiger partial charge >= 0.3 is 18.0 Å². The van der Waals surface area contributed by atoms with Crippen LogP contribution in [0.5, 0.6) is 0 Å². The Morgan fingerprint density at radius 3 is 2.25 bits per heavy atom. The monoisotopic (exact) mass is 522 g/mol. The molecule has 0 radical (unpaired) electrons. The number of fused-ring (bicyclic) bond motifs is 1. The third-order valence-electron chi connectivity index (χ3n) is 6.68. The zero-order valence-corrected chi connectivity index (χ0v) is 22.6. The van der Waals surface area contributed by atoms with E-state index in [-0.39, 0.29) is 19.5 Å². The smallest absolute Gasteiger partial charge is 0.408 e. The van der Waals surface area contributed by atoms with E-state index < -0.39 is 58.9 Å². The maximum atomic E-state index is 13.9. The molecule has 2 aliphatic heterocycles. The van der Waals surface area contributed by atoms with Gasteiger partial charge in [0.1, 0.15) is 17.6 Å². The Morgan fingerprint density at radius 2 is 1.72 bits per heavy atom. The first-order valence-corrected chi connectivity index (χ1v) is 12.3. The number of carbonyl (C=O) groups is 4. The number of halogens is 1. The fraction of sp³-hybridized carbons (Fsp3) is 0.615. The highest BCUT2D eigenvalue weighted by Gasteiger charge is 2.52. The van der Waals surface area contributed by atoms with Crippen molar-refractivity contribution in [2.45, 2.75) is 72.2 Å². The largest absolute Gasteiger partial charge is 0.467 e. The fourth-order valence-electron chi connectivity index (χ4n) is 5.20. The number of benzene rings is 1. The van der Waals surface area contributed by atoms with Gasteiger partial charge in [-0.15, -0.1) is 0 Å². The van der Waals surface area contributed by atoms with Gasteiger partial charge in [-0.05, 0) is 49.8 Å². The van der Waals surface area contributed by atoms with Crippen molar-refractivity contribution in [3.05, 3.63) is 34.3 Å². The highest BCUT2D eigenvalue weighted by Crippen LogP contribution is 2.46. The molecule has 0 aromatic heterocycles. The van der Waals surface area contributed by atoms with Gasteiger partial charge in [0.15, 0.2) is 0 Å². The van der Waals surface area contributed by atoms with E-state index in [1.165, 1.54) is 16.9 Å². The molecule has 1 fully saturated rings. The number of rotatable bonds is 4. The molecule has 2 heterocycles. The quantitative estimate of drug-likeness (QED) is 0.464. The molecular formula is C26H35ClN2O7. The highest BCUT2D eigenvalue weighted by molar-refractivity contribution is 6.31. The van der Waals surface area contributed by atoms with Gasteiger partial charge in [0, 0.05) is 17.5 Å². The van der Waals surface area contributed by atoms with Crippen molar-refractivity contribution in [3.63, 3.8) is 0 Å². The minimum Gasteiger partial charge on any atom is -0.467 e. The van der Waals surface area contributed by atoms with Crippen molar-refractivity contribution in [1.29, 1.82) is 0 Å². The van der Waals surface area contributed by atoms with Crippen LogP contribution in [-0.2, 0) is 30.4 Å². The average Bonchev–Trinajstić information content (AvgIpc) is 3.33. The number of hydrogen-bond donors (Lipinski definition) is 1. The summed E-state index contributed by atoms with van der Waals surface area (Å²) in [5.41, 5.74) is -0.122. The molecule has 1 aromatic rings. The molecule has 3 rings (SSSR count). The molecule has 0 aliphatic carbocycles. The highest BCUT2D eigenvalue weighted by atomic mass is 35.5. The minimum atomic E-state index is -1.16. The van der Waals surface area contributed by atoms with Crippen LogP contribution >= 0.6 is 11.6 Å². The summed E-state index contributed by atoms with van der Waals surface area (Å²) >= 11 is 6.36. The predicted octanol–water partition coefficient (Wildman–Crippen LogP) is 4.27. The van der Waals surface area contributed by atoms with E-state index in [9.17, 15) is 24.3 Å². The number of likely N-dealkylation sites (tertiary alicyclic amines) is 1. The molecule has 36 heavy (non-hydrogen) atoms. The van der Waals surface area contributed by atoms with Crippen molar-refractivity contribution in [2.24, 2.45) is 17.3 Å². The molecule has 1 N–H and O–H groups in total.